The third-order valence-corrected chi connectivity index (χ3v) is 2.66. The van der Waals surface area contributed by atoms with Crippen molar-refractivity contribution in [1.82, 2.24) is 4.90 Å². The van der Waals surface area contributed by atoms with Crippen LogP contribution in [0.3, 0.4) is 0 Å². The first kappa shape index (κ1) is 11.6. The number of halogens is 1. The number of benzene rings is 1. The molecule has 0 heterocycles. The van der Waals surface area contributed by atoms with Crippen molar-refractivity contribution < 1.29 is 19.1 Å². The molecule has 1 aliphatic rings. The summed E-state index contributed by atoms with van der Waals surface area (Å²) in [5.41, 5.74) is -0.0688. The van der Waals surface area contributed by atoms with Crippen LogP contribution in [0.15, 0.2) is 24.3 Å². The normalized spacial score (nSPS) is 14.4. The van der Waals surface area contributed by atoms with Crippen molar-refractivity contribution in [2.45, 2.75) is 18.9 Å². The zero-order valence-electron chi connectivity index (χ0n) is 9.10. The molecule has 0 aliphatic heterocycles. The second kappa shape index (κ2) is 4.53. The summed E-state index contributed by atoms with van der Waals surface area (Å²) in [6, 6.07) is 5.55. The van der Waals surface area contributed by atoms with E-state index in [1.54, 1.807) is 6.07 Å². The zero-order valence-corrected chi connectivity index (χ0v) is 9.10. The van der Waals surface area contributed by atoms with Crippen LogP contribution < -0.4 is 0 Å². The van der Waals surface area contributed by atoms with E-state index in [-0.39, 0.29) is 18.2 Å². The number of carbonyl (C=O) groups excluding carboxylic acids is 1. The smallest absolute Gasteiger partial charge is 0.323 e. The number of hydrogen-bond acceptors (Lipinski definition) is 2. The summed E-state index contributed by atoms with van der Waals surface area (Å²) < 4.78 is 13.4. The van der Waals surface area contributed by atoms with Gasteiger partial charge in [-0.1, -0.05) is 12.1 Å². The van der Waals surface area contributed by atoms with E-state index in [1.165, 1.54) is 23.1 Å². The van der Waals surface area contributed by atoms with Gasteiger partial charge in [0.1, 0.15) is 12.4 Å². The number of carboxylic acids is 1. The van der Waals surface area contributed by atoms with Gasteiger partial charge in [-0.3, -0.25) is 9.59 Å². The van der Waals surface area contributed by atoms with Gasteiger partial charge in [-0.15, -0.1) is 0 Å². The Balaban J connectivity index is 2.22. The maximum absolute atomic E-state index is 13.4. The lowest BCUT2D eigenvalue weighted by Gasteiger charge is -2.20. The lowest BCUT2D eigenvalue weighted by molar-refractivity contribution is -0.137. The van der Waals surface area contributed by atoms with Crippen LogP contribution in [0.2, 0.25) is 0 Å². The molecule has 1 aromatic carbocycles. The molecule has 1 aliphatic carbocycles. The van der Waals surface area contributed by atoms with Crippen molar-refractivity contribution in [2.75, 3.05) is 6.54 Å². The van der Waals surface area contributed by atoms with Gasteiger partial charge < -0.3 is 10.0 Å². The van der Waals surface area contributed by atoms with E-state index < -0.39 is 17.7 Å². The van der Waals surface area contributed by atoms with Crippen LogP contribution in [-0.2, 0) is 4.79 Å². The molecule has 0 aromatic heterocycles. The SMILES string of the molecule is O=C(O)CN(C(=O)c1ccccc1F)C1CC1. The molecule has 1 N–H and O–H groups in total. The highest BCUT2D eigenvalue weighted by Crippen LogP contribution is 2.28. The summed E-state index contributed by atoms with van der Waals surface area (Å²) in [5.74, 6) is -2.25. The minimum Gasteiger partial charge on any atom is -0.480 e. The third-order valence-electron chi connectivity index (χ3n) is 2.66. The molecule has 0 unspecified atom stereocenters. The maximum atomic E-state index is 13.4. The lowest BCUT2D eigenvalue weighted by Crippen LogP contribution is -2.37. The third kappa shape index (κ3) is 2.61. The van der Waals surface area contributed by atoms with Crippen molar-refractivity contribution >= 4 is 11.9 Å². The first-order valence-electron chi connectivity index (χ1n) is 5.37. The van der Waals surface area contributed by atoms with Crippen LogP contribution >= 0.6 is 0 Å². The number of carboxylic acid groups (broad SMARTS) is 1. The average Bonchev–Trinajstić information content (AvgIpc) is 3.09. The number of nitrogens with zero attached hydrogens (tertiary/aromatic N) is 1. The molecule has 1 aromatic rings. The fourth-order valence-corrected chi connectivity index (χ4v) is 1.69. The molecule has 17 heavy (non-hydrogen) atoms. The van der Waals surface area contributed by atoms with E-state index in [0.717, 1.165) is 12.8 Å². The molecule has 4 nitrogen and oxygen atoms in total. The van der Waals surface area contributed by atoms with Gasteiger partial charge in [-0.25, -0.2) is 4.39 Å². The molecule has 0 saturated heterocycles. The molecule has 1 fully saturated rings. The van der Waals surface area contributed by atoms with Crippen LogP contribution in [0.1, 0.15) is 23.2 Å². The van der Waals surface area contributed by atoms with Gasteiger partial charge in [0, 0.05) is 6.04 Å². The number of rotatable bonds is 4. The molecule has 1 saturated carbocycles. The molecule has 0 radical (unpaired) electrons. The zero-order chi connectivity index (χ0) is 12.4. The predicted molar refractivity (Wildman–Crippen MR) is 58.1 cm³/mol. The van der Waals surface area contributed by atoms with Gasteiger partial charge in [0.15, 0.2) is 0 Å². The second-order valence-corrected chi connectivity index (χ2v) is 4.04. The maximum Gasteiger partial charge on any atom is 0.323 e. The highest BCUT2D eigenvalue weighted by molar-refractivity contribution is 5.96. The second-order valence-electron chi connectivity index (χ2n) is 4.04. The molecular weight excluding hydrogens is 225 g/mol. The molecule has 5 heteroatoms. The van der Waals surface area contributed by atoms with Crippen LogP contribution in [0.4, 0.5) is 4.39 Å². The van der Waals surface area contributed by atoms with E-state index in [9.17, 15) is 14.0 Å². The van der Waals surface area contributed by atoms with Crippen molar-refractivity contribution in [3.8, 4) is 0 Å². The summed E-state index contributed by atoms with van der Waals surface area (Å²) >= 11 is 0. The average molecular weight is 237 g/mol. The minimum atomic E-state index is -1.08. The van der Waals surface area contributed by atoms with Gasteiger partial charge in [0.05, 0.1) is 5.56 Å². The van der Waals surface area contributed by atoms with Crippen molar-refractivity contribution in [1.29, 1.82) is 0 Å². The summed E-state index contributed by atoms with van der Waals surface area (Å²) in [6.45, 7) is -0.377. The topological polar surface area (TPSA) is 57.6 Å². The molecule has 0 bridgehead atoms. The largest absolute Gasteiger partial charge is 0.480 e. The van der Waals surface area contributed by atoms with E-state index >= 15 is 0 Å². The Kier molecular flexibility index (Phi) is 3.08. The molecule has 0 spiro atoms. The first-order valence-corrected chi connectivity index (χ1v) is 5.37. The highest BCUT2D eigenvalue weighted by Gasteiger charge is 2.35. The molecular formula is C12H12FNO3. The van der Waals surface area contributed by atoms with Gasteiger partial charge in [-0.2, -0.15) is 0 Å². The Labute approximate surface area is 97.7 Å². The van der Waals surface area contributed by atoms with Crippen molar-refractivity contribution in [2.24, 2.45) is 0 Å². The van der Waals surface area contributed by atoms with Gasteiger partial charge in [-0.05, 0) is 25.0 Å². The van der Waals surface area contributed by atoms with Gasteiger partial charge in [0.25, 0.3) is 5.91 Å². The van der Waals surface area contributed by atoms with Crippen LogP contribution in [-0.4, -0.2) is 34.5 Å². The molecule has 1 amide bonds. The Bertz CT molecular complexity index is 457. The molecule has 90 valence electrons. The monoisotopic (exact) mass is 237 g/mol. The number of carbonyl (C=O) groups is 2. The Hall–Kier alpha value is -1.91. The van der Waals surface area contributed by atoms with E-state index in [0.29, 0.717) is 0 Å². The van der Waals surface area contributed by atoms with Crippen molar-refractivity contribution in [3.05, 3.63) is 35.6 Å². The van der Waals surface area contributed by atoms with Crippen LogP contribution in [0, 0.1) is 5.82 Å². The first-order chi connectivity index (χ1) is 8.09. The molecule has 2 rings (SSSR count). The Morgan fingerprint density at radius 2 is 2.00 bits per heavy atom. The van der Waals surface area contributed by atoms with E-state index in [1.807, 2.05) is 0 Å². The van der Waals surface area contributed by atoms with Crippen LogP contribution in [0.25, 0.3) is 0 Å². The number of aliphatic carboxylic acids is 1. The van der Waals surface area contributed by atoms with Crippen LogP contribution in [0.5, 0.6) is 0 Å². The lowest BCUT2D eigenvalue weighted by atomic mass is 10.2. The standard InChI is InChI=1S/C12H12FNO3/c13-10-4-2-1-3-9(10)12(17)14(7-11(15)16)8-5-6-8/h1-4,8H,5-7H2,(H,15,16). The quantitative estimate of drug-likeness (QED) is 0.863. The summed E-state index contributed by atoms with van der Waals surface area (Å²) in [7, 11) is 0. The minimum absolute atomic E-state index is 0.0572. The van der Waals surface area contributed by atoms with Crippen molar-refractivity contribution in [3.63, 3.8) is 0 Å². The summed E-state index contributed by atoms with van der Waals surface area (Å²) in [5, 5.41) is 8.74. The molecule has 0 atom stereocenters. The number of amides is 1. The summed E-state index contributed by atoms with van der Waals surface area (Å²) in [6.07, 6.45) is 1.57. The van der Waals surface area contributed by atoms with Gasteiger partial charge in [0.2, 0.25) is 0 Å². The van der Waals surface area contributed by atoms with Gasteiger partial charge >= 0.3 is 5.97 Å². The Morgan fingerprint density at radius 1 is 1.35 bits per heavy atom. The van der Waals surface area contributed by atoms with E-state index in [4.69, 9.17) is 5.11 Å². The Morgan fingerprint density at radius 3 is 2.53 bits per heavy atom. The number of hydrogen-bond donors (Lipinski definition) is 1. The van der Waals surface area contributed by atoms with E-state index in [2.05, 4.69) is 0 Å². The predicted octanol–water partition coefficient (Wildman–Crippen LogP) is 1.51. The fourth-order valence-electron chi connectivity index (χ4n) is 1.69. The summed E-state index contributed by atoms with van der Waals surface area (Å²) in [4.78, 5) is 23.9. The highest BCUT2D eigenvalue weighted by atomic mass is 19.1. The fraction of sp³-hybridized carbons (Fsp3) is 0.333.